The fraction of sp³-hybridized carbons (Fsp3) is 0.111. The summed E-state index contributed by atoms with van der Waals surface area (Å²) in [6.07, 6.45) is 0. The number of hydrogen-bond donors (Lipinski definition) is 2. The highest BCUT2D eigenvalue weighted by molar-refractivity contribution is 7.71. The van der Waals surface area contributed by atoms with Gasteiger partial charge in [0.1, 0.15) is 0 Å². The standard InChI is InChI=1S/C9H9N3OS/c1-6-3-2-4-7(5-6)12-8(13)10-11-9(12)14/h2-5H,1H3,(H,10,13)(H,11,14). The Morgan fingerprint density at radius 1 is 1.36 bits per heavy atom. The van der Waals surface area contributed by atoms with Crippen molar-refractivity contribution in [2.75, 3.05) is 0 Å². The maximum Gasteiger partial charge on any atom is 0.347 e. The van der Waals surface area contributed by atoms with Crippen LogP contribution in [0, 0.1) is 11.7 Å². The number of rotatable bonds is 1. The number of nitrogens with zero attached hydrogens (tertiary/aromatic N) is 1. The Morgan fingerprint density at radius 2 is 2.14 bits per heavy atom. The van der Waals surface area contributed by atoms with E-state index in [1.54, 1.807) is 0 Å². The molecule has 0 saturated carbocycles. The first-order valence-corrected chi connectivity index (χ1v) is 4.56. The van der Waals surface area contributed by atoms with Crippen LogP contribution in [0.15, 0.2) is 29.1 Å². The van der Waals surface area contributed by atoms with Crippen LogP contribution in [0.5, 0.6) is 0 Å². The molecule has 0 saturated heterocycles. The van der Waals surface area contributed by atoms with Crippen molar-refractivity contribution < 1.29 is 0 Å². The van der Waals surface area contributed by atoms with Crippen molar-refractivity contribution in [3.05, 3.63) is 45.1 Å². The molecule has 0 amide bonds. The number of benzene rings is 1. The molecule has 1 aromatic carbocycles. The smallest absolute Gasteiger partial charge is 0.272 e. The van der Waals surface area contributed by atoms with Crippen LogP contribution in [0.4, 0.5) is 0 Å². The van der Waals surface area contributed by atoms with Crippen molar-refractivity contribution in [2.45, 2.75) is 6.92 Å². The predicted molar refractivity (Wildman–Crippen MR) is 56.3 cm³/mol. The van der Waals surface area contributed by atoms with Gasteiger partial charge in [-0.1, -0.05) is 12.1 Å². The molecule has 1 aromatic heterocycles. The average Bonchev–Trinajstić information content (AvgIpc) is 2.46. The zero-order valence-electron chi connectivity index (χ0n) is 7.57. The third-order valence-electron chi connectivity index (χ3n) is 1.94. The molecule has 0 aliphatic carbocycles. The van der Waals surface area contributed by atoms with Crippen LogP contribution in [0.25, 0.3) is 5.69 Å². The van der Waals surface area contributed by atoms with Crippen LogP contribution in [0.3, 0.4) is 0 Å². The van der Waals surface area contributed by atoms with Gasteiger partial charge in [-0.2, -0.15) is 0 Å². The van der Waals surface area contributed by atoms with Crippen molar-refractivity contribution in [3.63, 3.8) is 0 Å². The largest absolute Gasteiger partial charge is 0.347 e. The molecule has 0 aliphatic heterocycles. The summed E-state index contributed by atoms with van der Waals surface area (Å²) in [5.41, 5.74) is 1.61. The van der Waals surface area contributed by atoms with Crippen molar-refractivity contribution >= 4 is 12.2 Å². The van der Waals surface area contributed by atoms with Crippen molar-refractivity contribution in [2.24, 2.45) is 0 Å². The monoisotopic (exact) mass is 207 g/mol. The predicted octanol–water partition coefficient (Wildman–Crippen LogP) is 1.53. The Morgan fingerprint density at radius 3 is 2.71 bits per heavy atom. The normalized spacial score (nSPS) is 10.4. The van der Waals surface area contributed by atoms with E-state index >= 15 is 0 Å². The lowest BCUT2D eigenvalue weighted by molar-refractivity contribution is 0.973. The Kier molecular flexibility index (Phi) is 2.09. The highest BCUT2D eigenvalue weighted by atomic mass is 32.1. The van der Waals surface area contributed by atoms with E-state index in [1.807, 2.05) is 31.2 Å². The lowest BCUT2D eigenvalue weighted by Crippen LogP contribution is -2.14. The molecule has 2 rings (SSSR count). The van der Waals surface area contributed by atoms with Gasteiger partial charge in [-0.25, -0.2) is 14.5 Å². The molecule has 0 radical (unpaired) electrons. The van der Waals surface area contributed by atoms with Gasteiger partial charge in [-0.3, -0.25) is 5.10 Å². The first-order chi connectivity index (χ1) is 6.68. The second-order valence-corrected chi connectivity index (χ2v) is 3.42. The number of hydrogen-bond acceptors (Lipinski definition) is 2. The van der Waals surface area contributed by atoms with Gasteiger partial charge in [0.05, 0.1) is 5.69 Å². The van der Waals surface area contributed by atoms with E-state index in [0.29, 0.717) is 4.77 Å². The number of aryl methyl sites for hydroxylation is 1. The van der Waals surface area contributed by atoms with Gasteiger partial charge in [-0.05, 0) is 36.8 Å². The molecule has 2 aromatic rings. The van der Waals surface area contributed by atoms with E-state index in [0.717, 1.165) is 11.3 Å². The number of aromatic nitrogens is 3. The van der Waals surface area contributed by atoms with E-state index in [9.17, 15) is 4.79 Å². The maximum atomic E-state index is 11.4. The van der Waals surface area contributed by atoms with Gasteiger partial charge in [0, 0.05) is 0 Å². The van der Waals surface area contributed by atoms with E-state index in [2.05, 4.69) is 10.2 Å². The van der Waals surface area contributed by atoms with E-state index in [4.69, 9.17) is 12.2 Å². The number of H-pyrrole nitrogens is 2. The summed E-state index contributed by atoms with van der Waals surface area (Å²) in [4.78, 5) is 11.4. The molecule has 0 atom stereocenters. The fourth-order valence-corrected chi connectivity index (χ4v) is 1.55. The highest BCUT2D eigenvalue weighted by Crippen LogP contribution is 2.07. The van der Waals surface area contributed by atoms with Gasteiger partial charge >= 0.3 is 5.69 Å². The highest BCUT2D eigenvalue weighted by Gasteiger charge is 2.02. The van der Waals surface area contributed by atoms with E-state index in [-0.39, 0.29) is 5.69 Å². The molecule has 4 nitrogen and oxygen atoms in total. The zero-order valence-corrected chi connectivity index (χ0v) is 8.39. The zero-order chi connectivity index (χ0) is 10.1. The molecule has 14 heavy (non-hydrogen) atoms. The molecule has 2 N–H and O–H groups in total. The second kappa shape index (κ2) is 3.26. The van der Waals surface area contributed by atoms with Gasteiger partial charge in [0.25, 0.3) is 0 Å². The minimum absolute atomic E-state index is 0.249. The summed E-state index contributed by atoms with van der Waals surface area (Å²) in [6, 6.07) is 7.59. The SMILES string of the molecule is Cc1cccc(-n2c(=O)[nH][nH]c2=S)c1. The molecule has 72 valence electrons. The van der Waals surface area contributed by atoms with Crippen LogP contribution in [-0.2, 0) is 0 Å². The second-order valence-electron chi connectivity index (χ2n) is 3.03. The Balaban J connectivity index is 2.72. The van der Waals surface area contributed by atoms with Gasteiger partial charge in [0.15, 0.2) is 0 Å². The van der Waals surface area contributed by atoms with Gasteiger partial charge < -0.3 is 0 Å². The van der Waals surface area contributed by atoms with Gasteiger partial charge in [0.2, 0.25) is 4.77 Å². The van der Waals surface area contributed by atoms with Gasteiger partial charge in [-0.15, -0.1) is 0 Å². The van der Waals surface area contributed by atoms with E-state index in [1.165, 1.54) is 4.57 Å². The third-order valence-corrected chi connectivity index (χ3v) is 2.23. The lowest BCUT2D eigenvalue weighted by atomic mass is 10.2. The molecule has 1 heterocycles. The molecule has 0 spiro atoms. The minimum atomic E-state index is -0.249. The molecular weight excluding hydrogens is 198 g/mol. The van der Waals surface area contributed by atoms with Crippen LogP contribution < -0.4 is 5.69 Å². The Labute approximate surface area is 85.2 Å². The molecule has 0 aliphatic rings. The summed E-state index contributed by atoms with van der Waals surface area (Å²) in [5, 5.41) is 5.03. The Hall–Kier alpha value is -1.62. The summed E-state index contributed by atoms with van der Waals surface area (Å²) in [7, 11) is 0. The topological polar surface area (TPSA) is 53.6 Å². The molecular formula is C9H9N3OS. The summed E-state index contributed by atoms with van der Waals surface area (Å²) < 4.78 is 1.79. The average molecular weight is 207 g/mol. The summed E-state index contributed by atoms with van der Waals surface area (Å²) in [5.74, 6) is 0. The maximum absolute atomic E-state index is 11.4. The lowest BCUT2D eigenvalue weighted by Gasteiger charge is -2.00. The third kappa shape index (κ3) is 1.42. The summed E-state index contributed by atoms with van der Waals surface area (Å²) in [6.45, 7) is 1.97. The van der Waals surface area contributed by atoms with Crippen molar-refractivity contribution in [1.82, 2.24) is 14.8 Å². The number of aromatic amines is 2. The van der Waals surface area contributed by atoms with E-state index < -0.39 is 0 Å². The minimum Gasteiger partial charge on any atom is -0.272 e. The Bertz CT molecular complexity index is 536. The number of nitrogens with one attached hydrogen (secondary N) is 2. The molecule has 5 heteroatoms. The first kappa shape index (κ1) is 8.96. The van der Waals surface area contributed by atoms with Crippen LogP contribution in [0.2, 0.25) is 0 Å². The summed E-state index contributed by atoms with van der Waals surface area (Å²) >= 11 is 4.97. The van der Waals surface area contributed by atoms with Crippen LogP contribution >= 0.6 is 12.2 Å². The van der Waals surface area contributed by atoms with Crippen LogP contribution in [-0.4, -0.2) is 14.8 Å². The quantitative estimate of drug-likeness (QED) is 0.697. The van der Waals surface area contributed by atoms with Crippen molar-refractivity contribution in [1.29, 1.82) is 0 Å². The van der Waals surface area contributed by atoms with Crippen molar-refractivity contribution in [3.8, 4) is 5.69 Å². The van der Waals surface area contributed by atoms with Crippen LogP contribution in [0.1, 0.15) is 5.56 Å². The molecule has 0 bridgehead atoms. The fourth-order valence-electron chi connectivity index (χ4n) is 1.31. The molecule has 0 unspecified atom stereocenters. The molecule has 0 fully saturated rings. The first-order valence-electron chi connectivity index (χ1n) is 4.15.